The summed E-state index contributed by atoms with van der Waals surface area (Å²) < 4.78 is 0. The Kier molecular flexibility index (Phi) is 5.90. The zero-order chi connectivity index (χ0) is 19.2. The van der Waals surface area contributed by atoms with Crippen molar-refractivity contribution in [2.24, 2.45) is 11.5 Å². The summed E-state index contributed by atoms with van der Waals surface area (Å²) in [4.78, 5) is 20.2. The van der Waals surface area contributed by atoms with Crippen molar-refractivity contribution in [2.75, 3.05) is 0 Å². The number of carbonyl (C=O) groups is 1. The summed E-state index contributed by atoms with van der Waals surface area (Å²) in [5.41, 5.74) is 15.3. The second kappa shape index (κ2) is 8.53. The third-order valence-electron chi connectivity index (χ3n) is 4.41. The molecule has 6 nitrogen and oxygen atoms in total. The number of hydrogen-bond donors (Lipinski definition) is 3. The van der Waals surface area contributed by atoms with Gasteiger partial charge in [-0.15, -0.1) is 0 Å². The summed E-state index contributed by atoms with van der Waals surface area (Å²) in [6.45, 7) is 2.96. The molecular weight excluding hydrogens is 338 g/mol. The lowest BCUT2D eigenvalue weighted by Gasteiger charge is -2.15. The van der Waals surface area contributed by atoms with Crippen molar-refractivity contribution in [3.05, 3.63) is 83.3 Å². The molecule has 0 saturated heterocycles. The highest BCUT2D eigenvalue weighted by atomic mass is 16.1. The Bertz CT molecular complexity index is 927. The number of carbonyl (C=O) groups excluding carboxylic acids is 1. The first-order valence-corrected chi connectivity index (χ1v) is 8.82. The molecule has 138 valence electrons. The second-order valence-corrected chi connectivity index (χ2v) is 6.33. The standard InChI is InChI=1S/C21H23N5O/c1-14(16-7-3-2-4-8-16)24-12-15-6-5-9-17(10-15)19-13-25-18(11-22)20(26-19)21(23)27/h2-10,13-14,24H,11-12,22H2,1H3,(H2,23,27)/t14-/m0/s1. The van der Waals surface area contributed by atoms with Crippen LogP contribution in [0.5, 0.6) is 0 Å². The number of hydrogen-bond acceptors (Lipinski definition) is 5. The molecule has 0 aliphatic carbocycles. The van der Waals surface area contributed by atoms with Gasteiger partial charge in [-0.2, -0.15) is 0 Å². The van der Waals surface area contributed by atoms with E-state index in [1.807, 2.05) is 42.5 Å². The van der Waals surface area contributed by atoms with Crippen LogP contribution < -0.4 is 16.8 Å². The fourth-order valence-electron chi connectivity index (χ4n) is 2.87. The smallest absolute Gasteiger partial charge is 0.269 e. The minimum Gasteiger partial charge on any atom is -0.364 e. The van der Waals surface area contributed by atoms with Crippen molar-refractivity contribution < 1.29 is 4.79 Å². The molecule has 1 amide bonds. The van der Waals surface area contributed by atoms with Crippen LogP contribution in [0.1, 0.15) is 40.3 Å². The Labute approximate surface area is 158 Å². The highest BCUT2D eigenvalue weighted by Gasteiger charge is 2.13. The lowest BCUT2D eigenvalue weighted by molar-refractivity contribution is 0.0994. The second-order valence-electron chi connectivity index (χ2n) is 6.33. The molecule has 5 N–H and O–H groups in total. The fraction of sp³-hybridized carbons (Fsp3) is 0.190. The topological polar surface area (TPSA) is 107 Å². The normalized spacial score (nSPS) is 11.9. The van der Waals surface area contributed by atoms with E-state index in [4.69, 9.17) is 11.5 Å². The van der Waals surface area contributed by atoms with Gasteiger partial charge in [-0.25, -0.2) is 4.98 Å². The van der Waals surface area contributed by atoms with Gasteiger partial charge in [0, 0.05) is 24.7 Å². The zero-order valence-corrected chi connectivity index (χ0v) is 15.2. The van der Waals surface area contributed by atoms with Crippen LogP contribution in [-0.4, -0.2) is 15.9 Å². The van der Waals surface area contributed by atoms with Crippen LogP contribution in [0.2, 0.25) is 0 Å². The number of nitrogens with two attached hydrogens (primary N) is 2. The molecule has 2 aromatic carbocycles. The van der Waals surface area contributed by atoms with Crippen molar-refractivity contribution in [2.45, 2.75) is 26.1 Å². The van der Waals surface area contributed by atoms with E-state index in [1.165, 1.54) is 5.56 Å². The predicted octanol–water partition coefficient (Wildman–Crippen LogP) is 2.55. The number of nitrogens with zero attached hydrogens (tertiary/aromatic N) is 2. The molecule has 0 saturated carbocycles. The maximum Gasteiger partial charge on any atom is 0.269 e. The lowest BCUT2D eigenvalue weighted by atomic mass is 10.1. The minimum absolute atomic E-state index is 0.118. The Morgan fingerprint density at radius 3 is 2.63 bits per heavy atom. The van der Waals surface area contributed by atoms with Gasteiger partial charge in [0.05, 0.1) is 17.6 Å². The van der Waals surface area contributed by atoms with Crippen LogP contribution in [0.4, 0.5) is 0 Å². The summed E-state index contributed by atoms with van der Waals surface area (Å²) in [6.07, 6.45) is 1.62. The van der Waals surface area contributed by atoms with E-state index in [9.17, 15) is 4.79 Å². The van der Waals surface area contributed by atoms with Gasteiger partial charge < -0.3 is 16.8 Å². The third-order valence-corrected chi connectivity index (χ3v) is 4.41. The van der Waals surface area contributed by atoms with E-state index in [2.05, 4.69) is 34.3 Å². The van der Waals surface area contributed by atoms with Gasteiger partial charge in [0.15, 0.2) is 5.69 Å². The van der Waals surface area contributed by atoms with Gasteiger partial charge in [-0.3, -0.25) is 9.78 Å². The number of benzene rings is 2. The molecule has 0 aliphatic heterocycles. The Balaban J connectivity index is 1.78. The van der Waals surface area contributed by atoms with E-state index in [1.54, 1.807) is 6.20 Å². The maximum atomic E-state index is 11.6. The number of amides is 1. The van der Waals surface area contributed by atoms with Gasteiger partial charge in [-0.05, 0) is 24.1 Å². The fourth-order valence-corrected chi connectivity index (χ4v) is 2.87. The summed E-state index contributed by atoms with van der Waals surface area (Å²) in [5, 5.41) is 3.52. The highest BCUT2D eigenvalue weighted by molar-refractivity contribution is 5.92. The molecule has 0 fully saturated rings. The number of nitrogens with one attached hydrogen (secondary N) is 1. The molecule has 1 aromatic heterocycles. The average Bonchev–Trinajstić information content (AvgIpc) is 2.72. The lowest BCUT2D eigenvalue weighted by Crippen LogP contribution is -2.19. The summed E-state index contributed by atoms with van der Waals surface area (Å²) in [7, 11) is 0. The first kappa shape index (κ1) is 18.7. The molecule has 3 aromatic rings. The van der Waals surface area contributed by atoms with Gasteiger partial charge in [0.2, 0.25) is 0 Å². The Morgan fingerprint density at radius 2 is 1.93 bits per heavy atom. The van der Waals surface area contributed by atoms with Crippen molar-refractivity contribution in [1.29, 1.82) is 0 Å². The van der Waals surface area contributed by atoms with E-state index in [-0.39, 0.29) is 18.3 Å². The third kappa shape index (κ3) is 4.55. The Hall–Kier alpha value is -3.09. The molecule has 0 unspecified atom stereocenters. The van der Waals surface area contributed by atoms with Gasteiger partial charge >= 0.3 is 0 Å². The summed E-state index contributed by atoms with van der Waals surface area (Å²) in [5.74, 6) is -0.626. The molecule has 1 heterocycles. The van der Waals surface area contributed by atoms with Crippen molar-refractivity contribution in [3.63, 3.8) is 0 Å². The van der Waals surface area contributed by atoms with E-state index in [0.717, 1.165) is 11.1 Å². The summed E-state index contributed by atoms with van der Waals surface area (Å²) in [6, 6.07) is 18.5. The number of aromatic nitrogens is 2. The molecule has 0 aliphatic rings. The first-order valence-electron chi connectivity index (χ1n) is 8.82. The van der Waals surface area contributed by atoms with Crippen LogP contribution in [0.15, 0.2) is 60.8 Å². The van der Waals surface area contributed by atoms with Gasteiger partial charge in [-0.1, -0.05) is 48.5 Å². The predicted molar refractivity (Wildman–Crippen MR) is 106 cm³/mol. The van der Waals surface area contributed by atoms with Crippen LogP contribution in [0.3, 0.4) is 0 Å². The van der Waals surface area contributed by atoms with Crippen LogP contribution in [0.25, 0.3) is 11.3 Å². The number of primary amides is 1. The SMILES string of the molecule is C[C@H](NCc1cccc(-c2cnc(CN)c(C(N)=O)n2)c1)c1ccccc1. The molecule has 0 spiro atoms. The van der Waals surface area contributed by atoms with Gasteiger partial charge in [0.25, 0.3) is 5.91 Å². The first-order chi connectivity index (χ1) is 13.1. The molecule has 0 bridgehead atoms. The van der Waals surface area contributed by atoms with E-state index >= 15 is 0 Å². The largest absolute Gasteiger partial charge is 0.364 e. The quantitative estimate of drug-likeness (QED) is 0.599. The maximum absolute atomic E-state index is 11.6. The zero-order valence-electron chi connectivity index (χ0n) is 15.2. The highest BCUT2D eigenvalue weighted by Crippen LogP contribution is 2.20. The average molecular weight is 361 g/mol. The van der Waals surface area contributed by atoms with Gasteiger partial charge in [0.1, 0.15) is 0 Å². The Morgan fingerprint density at radius 1 is 1.15 bits per heavy atom. The van der Waals surface area contributed by atoms with Crippen molar-refractivity contribution in [3.8, 4) is 11.3 Å². The van der Waals surface area contributed by atoms with Crippen LogP contribution in [-0.2, 0) is 13.1 Å². The minimum atomic E-state index is -0.626. The monoisotopic (exact) mass is 361 g/mol. The number of rotatable bonds is 7. The molecular formula is C21H23N5O. The van der Waals surface area contributed by atoms with Crippen molar-refractivity contribution in [1.82, 2.24) is 15.3 Å². The van der Waals surface area contributed by atoms with Crippen molar-refractivity contribution >= 4 is 5.91 Å². The van der Waals surface area contributed by atoms with E-state index in [0.29, 0.717) is 17.9 Å². The van der Waals surface area contributed by atoms with Crippen LogP contribution in [0, 0.1) is 0 Å². The molecule has 1 atom stereocenters. The molecule has 27 heavy (non-hydrogen) atoms. The summed E-state index contributed by atoms with van der Waals surface area (Å²) >= 11 is 0. The van der Waals surface area contributed by atoms with Crippen LogP contribution >= 0.6 is 0 Å². The molecule has 0 radical (unpaired) electrons. The molecule has 6 heteroatoms. The van der Waals surface area contributed by atoms with E-state index < -0.39 is 5.91 Å². The molecule has 3 rings (SSSR count).